The van der Waals surface area contributed by atoms with Gasteiger partial charge in [-0.25, -0.2) is 0 Å². The van der Waals surface area contributed by atoms with Crippen LogP contribution in [-0.2, 0) is 11.2 Å². The molecule has 1 heterocycles. The average Bonchev–Trinajstić information content (AvgIpc) is 2.55. The van der Waals surface area contributed by atoms with Crippen LogP contribution in [0, 0.1) is 0 Å². The van der Waals surface area contributed by atoms with Crippen molar-refractivity contribution in [3.63, 3.8) is 0 Å². The molecule has 0 spiro atoms. The van der Waals surface area contributed by atoms with Crippen molar-refractivity contribution in [3.05, 3.63) is 23.8 Å². The number of aryl methyl sites for hydroxylation is 1. The van der Waals surface area contributed by atoms with Gasteiger partial charge in [0, 0.05) is 6.61 Å². The van der Waals surface area contributed by atoms with E-state index in [4.69, 9.17) is 19.7 Å². The molecule has 1 aliphatic heterocycles. The Morgan fingerprint density at radius 3 is 2.39 bits per heavy atom. The number of hydrogen-bond donors (Lipinski definition) is 6. The third-order valence-corrected chi connectivity index (χ3v) is 3.74. The first-order chi connectivity index (χ1) is 11.0. The van der Waals surface area contributed by atoms with E-state index in [-0.39, 0.29) is 18.1 Å². The fourth-order valence-corrected chi connectivity index (χ4v) is 2.39. The molecule has 0 aliphatic carbocycles. The normalized spacial score (nSPS) is 31.1. The van der Waals surface area contributed by atoms with Gasteiger partial charge in [0.2, 0.25) is 6.29 Å². The van der Waals surface area contributed by atoms with E-state index in [1.165, 1.54) is 12.1 Å². The minimum atomic E-state index is -1.54. The molecule has 0 radical (unpaired) electrons. The van der Waals surface area contributed by atoms with Crippen LogP contribution in [0.25, 0.3) is 0 Å². The number of aliphatic hydroxyl groups excluding tert-OH is 5. The molecule has 1 aromatic rings. The first kappa shape index (κ1) is 17.9. The monoisotopic (exact) mass is 330 g/mol. The molecule has 8 heteroatoms. The van der Waals surface area contributed by atoms with Crippen LogP contribution >= 0.6 is 0 Å². The molecular weight excluding hydrogens is 308 g/mol. The van der Waals surface area contributed by atoms with E-state index < -0.39 is 37.3 Å². The molecule has 0 amide bonds. The number of hydrogen-bond acceptors (Lipinski definition) is 8. The number of aromatic hydroxyl groups is 1. The lowest BCUT2D eigenvalue weighted by Gasteiger charge is -2.39. The molecule has 2 rings (SSSR count). The van der Waals surface area contributed by atoms with Crippen molar-refractivity contribution in [1.29, 1.82) is 0 Å². The Hall–Kier alpha value is -1.42. The Balaban J connectivity index is 2.08. The van der Waals surface area contributed by atoms with Gasteiger partial charge in [-0.15, -0.1) is 0 Å². The molecule has 1 saturated heterocycles. The van der Waals surface area contributed by atoms with Crippen LogP contribution in [0.15, 0.2) is 18.2 Å². The van der Waals surface area contributed by atoms with E-state index in [0.29, 0.717) is 12.8 Å². The highest BCUT2D eigenvalue weighted by atomic mass is 16.7. The van der Waals surface area contributed by atoms with Gasteiger partial charge < -0.3 is 40.1 Å². The van der Waals surface area contributed by atoms with Crippen LogP contribution in [0.3, 0.4) is 0 Å². The van der Waals surface area contributed by atoms with Gasteiger partial charge in [-0.05, 0) is 30.5 Å². The fourth-order valence-electron chi connectivity index (χ4n) is 2.39. The zero-order chi connectivity index (χ0) is 17.0. The summed E-state index contributed by atoms with van der Waals surface area (Å²) in [5.74, 6) is -0.153. The van der Waals surface area contributed by atoms with Gasteiger partial charge in [-0.1, -0.05) is 6.07 Å². The number of phenolic OH excluding ortho intramolecular Hbond substituents is 1. The van der Waals surface area contributed by atoms with Crippen molar-refractivity contribution in [2.75, 3.05) is 13.2 Å². The first-order valence-electron chi connectivity index (χ1n) is 7.38. The van der Waals surface area contributed by atoms with E-state index >= 15 is 0 Å². The summed E-state index contributed by atoms with van der Waals surface area (Å²) < 4.78 is 10.6. The quantitative estimate of drug-likeness (QED) is 0.370. The second-order valence-corrected chi connectivity index (χ2v) is 5.44. The SMILES string of the molecule is OCCCc1ccc(O[C@@H]2O[C@H](CO)[C@@H](O)[C@H](O)[C@H]2O)c(O)c1. The highest BCUT2D eigenvalue weighted by Gasteiger charge is 2.44. The average molecular weight is 330 g/mol. The zero-order valence-electron chi connectivity index (χ0n) is 12.4. The van der Waals surface area contributed by atoms with E-state index in [2.05, 4.69) is 0 Å². The number of aliphatic hydroxyl groups is 5. The van der Waals surface area contributed by atoms with Crippen LogP contribution in [0.1, 0.15) is 12.0 Å². The summed E-state index contributed by atoms with van der Waals surface area (Å²) in [7, 11) is 0. The number of ether oxygens (including phenoxy) is 2. The Bertz CT molecular complexity index is 506. The molecule has 0 unspecified atom stereocenters. The molecule has 1 fully saturated rings. The van der Waals surface area contributed by atoms with E-state index in [1.54, 1.807) is 6.07 Å². The van der Waals surface area contributed by atoms with Crippen molar-refractivity contribution in [1.82, 2.24) is 0 Å². The van der Waals surface area contributed by atoms with Gasteiger partial charge in [-0.3, -0.25) is 0 Å². The fraction of sp³-hybridized carbons (Fsp3) is 0.600. The number of benzene rings is 1. The van der Waals surface area contributed by atoms with E-state index in [1.807, 2.05) is 0 Å². The molecule has 1 aromatic carbocycles. The van der Waals surface area contributed by atoms with Crippen LogP contribution < -0.4 is 4.74 Å². The largest absolute Gasteiger partial charge is 0.504 e. The van der Waals surface area contributed by atoms with Crippen LogP contribution in [0.5, 0.6) is 11.5 Å². The summed E-state index contributed by atoms with van der Waals surface area (Å²) in [6.07, 6.45) is -5.83. The summed E-state index contributed by atoms with van der Waals surface area (Å²) in [5.41, 5.74) is 0.803. The van der Waals surface area contributed by atoms with Crippen LogP contribution in [0.2, 0.25) is 0 Å². The van der Waals surface area contributed by atoms with Crippen molar-refractivity contribution in [2.24, 2.45) is 0 Å². The van der Waals surface area contributed by atoms with Crippen molar-refractivity contribution in [3.8, 4) is 11.5 Å². The first-order valence-corrected chi connectivity index (χ1v) is 7.38. The smallest absolute Gasteiger partial charge is 0.229 e. The van der Waals surface area contributed by atoms with Gasteiger partial charge in [0.15, 0.2) is 11.5 Å². The second kappa shape index (κ2) is 7.91. The maximum Gasteiger partial charge on any atom is 0.229 e. The standard InChI is InChI=1S/C15H22O8/c16-5-1-2-8-3-4-10(9(18)6-8)22-15-14(21)13(20)12(19)11(7-17)23-15/h3-4,6,11-21H,1-2,5,7H2/t11-,12-,13+,14-,15-/m1/s1. The van der Waals surface area contributed by atoms with E-state index in [9.17, 15) is 20.4 Å². The summed E-state index contributed by atoms with van der Waals surface area (Å²) in [6.45, 7) is -0.513. The Kier molecular flexibility index (Phi) is 6.17. The predicted octanol–water partition coefficient (Wildman–Crippen LogP) is -1.50. The third kappa shape index (κ3) is 4.11. The minimum Gasteiger partial charge on any atom is -0.504 e. The van der Waals surface area contributed by atoms with Gasteiger partial charge in [0.1, 0.15) is 24.4 Å². The second-order valence-electron chi connectivity index (χ2n) is 5.44. The Morgan fingerprint density at radius 1 is 1.04 bits per heavy atom. The van der Waals surface area contributed by atoms with Crippen molar-refractivity contribution in [2.45, 2.75) is 43.5 Å². The molecule has 6 N–H and O–H groups in total. The number of phenols is 1. The number of rotatable bonds is 6. The molecule has 23 heavy (non-hydrogen) atoms. The molecular formula is C15H22O8. The lowest BCUT2D eigenvalue weighted by Crippen LogP contribution is -2.60. The van der Waals surface area contributed by atoms with Gasteiger partial charge >= 0.3 is 0 Å². The molecule has 1 aliphatic rings. The molecule has 8 nitrogen and oxygen atoms in total. The topological polar surface area (TPSA) is 140 Å². The van der Waals surface area contributed by atoms with E-state index in [0.717, 1.165) is 5.56 Å². The van der Waals surface area contributed by atoms with Crippen molar-refractivity contribution < 1.29 is 40.1 Å². The summed E-state index contributed by atoms with van der Waals surface area (Å²) in [4.78, 5) is 0. The minimum absolute atomic E-state index is 0.0297. The molecule has 0 saturated carbocycles. The molecule has 0 aromatic heterocycles. The Morgan fingerprint density at radius 2 is 1.78 bits per heavy atom. The molecule has 130 valence electrons. The van der Waals surface area contributed by atoms with Gasteiger partial charge in [-0.2, -0.15) is 0 Å². The highest BCUT2D eigenvalue weighted by Crippen LogP contribution is 2.31. The van der Waals surface area contributed by atoms with Gasteiger partial charge in [0.25, 0.3) is 0 Å². The highest BCUT2D eigenvalue weighted by molar-refractivity contribution is 5.42. The summed E-state index contributed by atoms with van der Waals surface area (Å²) in [6, 6.07) is 4.63. The molecule has 0 bridgehead atoms. The maximum absolute atomic E-state index is 9.96. The maximum atomic E-state index is 9.96. The zero-order valence-corrected chi connectivity index (χ0v) is 12.4. The van der Waals surface area contributed by atoms with Crippen molar-refractivity contribution >= 4 is 0 Å². The van der Waals surface area contributed by atoms with Gasteiger partial charge in [0.05, 0.1) is 6.61 Å². The van der Waals surface area contributed by atoms with Crippen LogP contribution in [-0.4, -0.2) is 74.6 Å². The lowest BCUT2D eigenvalue weighted by molar-refractivity contribution is -0.277. The predicted molar refractivity (Wildman–Crippen MR) is 77.9 cm³/mol. The molecule has 5 atom stereocenters. The lowest BCUT2D eigenvalue weighted by atomic mass is 9.99. The summed E-state index contributed by atoms with van der Waals surface area (Å²) >= 11 is 0. The Labute approximate surface area is 133 Å². The van der Waals surface area contributed by atoms with Crippen LogP contribution in [0.4, 0.5) is 0 Å². The summed E-state index contributed by atoms with van der Waals surface area (Å²) in [5, 5.41) is 57.2. The third-order valence-electron chi connectivity index (χ3n) is 3.74.